The summed E-state index contributed by atoms with van der Waals surface area (Å²) in [5.41, 5.74) is 5.38. The first-order chi connectivity index (χ1) is 17.3. The van der Waals surface area contributed by atoms with E-state index in [1.807, 2.05) is 0 Å². The Bertz CT molecular complexity index is 1360. The Kier molecular flexibility index (Phi) is 9.87. The standard InChI is InChI=1S/C15H13O2.2C6H5.C5H5.CH4.2ClH.Zr/c1-16-12-3-5-14-10(8-12)7-11-9-13(17-2)4-6-15(11)14;2*1-2-4-6-5-3-1;1-2-4-5-3-1;;;;/h3-9H,1-2H3;2*1-5H;1-3H,4H2;1H4;2*1H;/q;;;;;;;+2/p-2. The number of hydrogen-bond donors (Lipinski definition) is 0. The summed E-state index contributed by atoms with van der Waals surface area (Å²) in [5.74, 6) is 1.82. The summed E-state index contributed by atoms with van der Waals surface area (Å²) in [6.45, 7) is 0. The Morgan fingerprint density at radius 3 is 1.53 bits per heavy atom. The molecular formula is C33H32Cl2O2Zr. The first-order valence-electron chi connectivity index (χ1n) is 12.1. The van der Waals surface area contributed by atoms with Crippen LogP contribution in [0.5, 0.6) is 11.5 Å². The van der Waals surface area contributed by atoms with Gasteiger partial charge in [0.1, 0.15) is 0 Å². The van der Waals surface area contributed by atoms with Crippen LogP contribution in [0.25, 0.3) is 11.1 Å². The van der Waals surface area contributed by atoms with Gasteiger partial charge in [-0.1, -0.05) is 7.43 Å². The summed E-state index contributed by atoms with van der Waals surface area (Å²) in [5, 5.41) is 0. The van der Waals surface area contributed by atoms with Crippen LogP contribution in [0.3, 0.4) is 0 Å². The quantitative estimate of drug-likeness (QED) is 0.321. The third-order valence-corrected chi connectivity index (χ3v) is 20.8. The van der Waals surface area contributed by atoms with Crippen LogP contribution in [0.15, 0.2) is 119 Å². The van der Waals surface area contributed by atoms with E-state index < -0.39 is 20.3 Å². The molecule has 0 atom stereocenters. The van der Waals surface area contributed by atoms with Gasteiger partial charge in [0.15, 0.2) is 0 Å². The molecule has 0 unspecified atom stereocenters. The molecule has 0 saturated heterocycles. The SMILES string of the molecule is C.COc1ccc2c(c1)[CH]([Zr+2]([C]1=CC=CC1)([c]1ccccc1)[c]1ccccc1)c1cc(OC)ccc1-2.[Cl-].[Cl-]. The van der Waals surface area contributed by atoms with Crippen molar-refractivity contribution < 1.29 is 54.6 Å². The van der Waals surface area contributed by atoms with E-state index in [4.69, 9.17) is 9.47 Å². The van der Waals surface area contributed by atoms with E-state index in [2.05, 4.69) is 115 Å². The molecule has 2 aliphatic rings. The number of fused-ring (bicyclic) bond motifs is 3. The number of rotatable bonds is 6. The summed E-state index contributed by atoms with van der Waals surface area (Å²) >= 11 is -3.68. The van der Waals surface area contributed by atoms with Gasteiger partial charge in [0.05, 0.1) is 0 Å². The normalized spacial score (nSPS) is 12.8. The summed E-state index contributed by atoms with van der Waals surface area (Å²) < 4.78 is 16.4. The smallest absolute Gasteiger partial charge is 1.00 e. The number of benzene rings is 4. The molecule has 6 rings (SSSR count). The molecule has 0 amide bonds. The molecule has 4 aromatic rings. The average molecular weight is 623 g/mol. The van der Waals surface area contributed by atoms with Crippen LogP contribution in [0.1, 0.15) is 28.6 Å². The molecule has 38 heavy (non-hydrogen) atoms. The Hall–Kier alpha value is -2.58. The predicted octanol–water partition coefficient (Wildman–Crippen LogP) is 1.07. The fraction of sp³-hybridized carbons (Fsp3) is 0.152. The van der Waals surface area contributed by atoms with Crippen molar-refractivity contribution >= 4 is 6.54 Å². The molecule has 0 spiro atoms. The van der Waals surface area contributed by atoms with Crippen molar-refractivity contribution in [2.75, 3.05) is 14.2 Å². The molecule has 0 N–H and O–H groups in total. The van der Waals surface area contributed by atoms with Crippen LogP contribution in [-0.2, 0) is 20.3 Å². The second-order valence-corrected chi connectivity index (χ2v) is 19.0. The molecular weight excluding hydrogens is 590 g/mol. The molecule has 5 heteroatoms. The fourth-order valence-electron chi connectivity index (χ4n) is 6.14. The molecule has 0 fully saturated rings. The monoisotopic (exact) mass is 620 g/mol. The van der Waals surface area contributed by atoms with Gasteiger partial charge in [-0.2, -0.15) is 0 Å². The second-order valence-electron chi connectivity index (χ2n) is 9.20. The van der Waals surface area contributed by atoms with Gasteiger partial charge in [-0.25, -0.2) is 0 Å². The van der Waals surface area contributed by atoms with Crippen LogP contribution in [-0.4, -0.2) is 14.2 Å². The van der Waals surface area contributed by atoms with Crippen LogP contribution in [0.2, 0.25) is 0 Å². The first kappa shape index (κ1) is 30.0. The van der Waals surface area contributed by atoms with Gasteiger partial charge in [-0.3, -0.25) is 0 Å². The molecule has 194 valence electrons. The van der Waals surface area contributed by atoms with Crippen molar-refractivity contribution in [3.05, 3.63) is 130 Å². The second kappa shape index (κ2) is 12.5. The Labute approximate surface area is 243 Å². The van der Waals surface area contributed by atoms with Crippen molar-refractivity contribution in [2.45, 2.75) is 17.5 Å². The summed E-state index contributed by atoms with van der Waals surface area (Å²) in [7, 11) is 3.52. The number of ether oxygens (including phenoxy) is 2. The maximum atomic E-state index is 5.75. The molecule has 0 heterocycles. The molecule has 0 aliphatic heterocycles. The zero-order valence-corrected chi connectivity index (χ0v) is 24.8. The molecule has 2 aliphatic carbocycles. The van der Waals surface area contributed by atoms with Gasteiger partial charge in [-0.05, 0) is 0 Å². The van der Waals surface area contributed by atoms with Gasteiger partial charge in [-0.15, -0.1) is 0 Å². The number of hydrogen-bond acceptors (Lipinski definition) is 2. The van der Waals surface area contributed by atoms with E-state index in [0.717, 1.165) is 17.9 Å². The van der Waals surface area contributed by atoms with Gasteiger partial charge in [0.2, 0.25) is 0 Å². The topological polar surface area (TPSA) is 18.5 Å². The predicted molar refractivity (Wildman–Crippen MR) is 148 cm³/mol. The molecule has 2 nitrogen and oxygen atoms in total. The van der Waals surface area contributed by atoms with E-state index in [1.165, 1.54) is 28.8 Å². The van der Waals surface area contributed by atoms with Crippen LogP contribution >= 0.6 is 0 Å². The van der Waals surface area contributed by atoms with Crippen molar-refractivity contribution in [1.29, 1.82) is 0 Å². The van der Waals surface area contributed by atoms with E-state index in [-0.39, 0.29) is 35.9 Å². The van der Waals surface area contributed by atoms with Gasteiger partial charge >= 0.3 is 213 Å². The fourth-order valence-corrected chi connectivity index (χ4v) is 20.3. The number of allylic oxidation sites excluding steroid dienone is 4. The summed E-state index contributed by atoms with van der Waals surface area (Å²) in [6, 6.07) is 35.8. The average Bonchev–Trinajstić information content (AvgIpc) is 3.57. The minimum atomic E-state index is -3.68. The third kappa shape index (κ3) is 4.70. The number of methoxy groups -OCH3 is 2. The largest absolute Gasteiger partial charge is 1.00 e. The zero-order valence-electron chi connectivity index (χ0n) is 20.8. The molecule has 0 bridgehead atoms. The maximum absolute atomic E-state index is 5.75. The van der Waals surface area contributed by atoms with E-state index in [1.54, 1.807) is 17.5 Å². The maximum Gasteiger partial charge on any atom is -1.00 e. The van der Waals surface area contributed by atoms with Crippen molar-refractivity contribution in [3.63, 3.8) is 0 Å². The third-order valence-electron chi connectivity index (χ3n) is 7.60. The Morgan fingerprint density at radius 2 is 1.13 bits per heavy atom. The molecule has 4 aromatic carbocycles. The Balaban J connectivity index is 0.00000133. The van der Waals surface area contributed by atoms with Crippen molar-refractivity contribution in [3.8, 4) is 22.6 Å². The van der Waals surface area contributed by atoms with Crippen molar-refractivity contribution in [1.82, 2.24) is 0 Å². The van der Waals surface area contributed by atoms with Gasteiger partial charge in [0.25, 0.3) is 0 Å². The van der Waals surface area contributed by atoms with Gasteiger partial charge in [0, 0.05) is 0 Å². The van der Waals surface area contributed by atoms with Gasteiger partial charge < -0.3 is 24.8 Å². The van der Waals surface area contributed by atoms with E-state index in [9.17, 15) is 0 Å². The van der Waals surface area contributed by atoms with Crippen LogP contribution in [0.4, 0.5) is 0 Å². The molecule has 0 aromatic heterocycles. The van der Waals surface area contributed by atoms with Crippen molar-refractivity contribution in [2.24, 2.45) is 0 Å². The number of halogens is 2. The zero-order chi connectivity index (χ0) is 23.8. The minimum absolute atomic E-state index is 0. The molecule has 0 radical (unpaired) electrons. The Morgan fingerprint density at radius 1 is 0.658 bits per heavy atom. The van der Waals surface area contributed by atoms with E-state index in [0.29, 0.717) is 0 Å². The van der Waals surface area contributed by atoms with Crippen LogP contribution < -0.4 is 40.8 Å². The van der Waals surface area contributed by atoms with Crippen LogP contribution in [0, 0.1) is 0 Å². The minimum Gasteiger partial charge on any atom is -1.00 e. The summed E-state index contributed by atoms with van der Waals surface area (Å²) in [4.78, 5) is 0. The first-order valence-corrected chi connectivity index (χ1v) is 17.2. The summed E-state index contributed by atoms with van der Waals surface area (Å²) in [6.07, 6.45) is 7.99. The molecule has 0 saturated carbocycles. The van der Waals surface area contributed by atoms with E-state index >= 15 is 0 Å².